The number of anilines is 1. The van der Waals surface area contributed by atoms with Crippen LogP contribution in [0.5, 0.6) is 0 Å². The quantitative estimate of drug-likeness (QED) is 0.824. The van der Waals surface area contributed by atoms with Gasteiger partial charge in [-0.2, -0.15) is 0 Å². The van der Waals surface area contributed by atoms with Gasteiger partial charge in [0.05, 0.1) is 12.1 Å². The third-order valence-corrected chi connectivity index (χ3v) is 3.61. The van der Waals surface area contributed by atoms with E-state index in [4.69, 9.17) is 0 Å². The second kappa shape index (κ2) is 6.30. The molecule has 0 bridgehead atoms. The average Bonchev–Trinajstić information content (AvgIpc) is 2.33. The van der Waals surface area contributed by atoms with Crippen LogP contribution in [0.25, 0.3) is 0 Å². The fourth-order valence-corrected chi connectivity index (χ4v) is 2.76. The lowest BCUT2D eigenvalue weighted by molar-refractivity contribution is -0.115. The van der Waals surface area contributed by atoms with Crippen LogP contribution in [0.4, 0.5) is 10.1 Å². The van der Waals surface area contributed by atoms with Crippen LogP contribution >= 0.6 is 31.9 Å². The lowest BCUT2D eigenvalue weighted by Gasteiger charge is -2.08. The Morgan fingerprint density at radius 1 is 1.16 bits per heavy atom. The molecule has 19 heavy (non-hydrogen) atoms. The first-order valence-electron chi connectivity index (χ1n) is 5.54. The molecule has 1 amide bonds. The molecule has 5 heteroatoms. The number of halogens is 3. The van der Waals surface area contributed by atoms with Crippen LogP contribution in [-0.4, -0.2) is 5.91 Å². The predicted octanol–water partition coefficient (Wildman–Crippen LogP) is 4.53. The largest absolute Gasteiger partial charge is 0.325 e. The summed E-state index contributed by atoms with van der Waals surface area (Å²) in [7, 11) is 0. The van der Waals surface area contributed by atoms with Crippen LogP contribution in [-0.2, 0) is 11.2 Å². The predicted molar refractivity (Wildman–Crippen MR) is 80.6 cm³/mol. The van der Waals surface area contributed by atoms with E-state index < -0.39 is 0 Å². The number of benzene rings is 2. The van der Waals surface area contributed by atoms with Crippen molar-refractivity contribution < 1.29 is 9.18 Å². The Morgan fingerprint density at radius 3 is 2.63 bits per heavy atom. The first kappa shape index (κ1) is 14.2. The molecule has 0 aliphatic rings. The fraction of sp³-hybridized carbons (Fsp3) is 0.0714. The Labute approximate surface area is 127 Å². The number of hydrogen-bond acceptors (Lipinski definition) is 1. The Morgan fingerprint density at radius 2 is 1.95 bits per heavy atom. The van der Waals surface area contributed by atoms with Crippen LogP contribution < -0.4 is 5.32 Å². The van der Waals surface area contributed by atoms with Gasteiger partial charge in [0.15, 0.2) is 0 Å². The van der Waals surface area contributed by atoms with Gasteiger partial charge in [0.2, 0.25) is 5.91 Å². The highest BCUT2D eigenvalue weighted by atomic mass is 79.9. The van der Waals surface area contributed by atoms with Crippen molar-refractivity contribution in [1.82, 2.24) is 0 Å². The van der Waals surface area contributed by atoms with Gasteiger partial charge in [0.25, 0.3) is 0 Å². The number of hydrogen-bond donors (Lipinski definition) is 1. The number of carbonyl (C=O) groups excluding carboxylic acids is 1. The molecule has 2 rings (SSSR count). The molecule has 0 aliphatic heterocycles. The SMILES string of the molecule is O=C(Cc1cccc(F)c1)Nc1ccc(Br)cc1Br. The summed E-state index contributed by atoms with van der Waals surface area (Å²) < 4.78 is 14.7. The molecule has 0 fully saturated rings. The summed E-state index contributed by atoms with van der Waals surface area (Å²) in [5.74, 6) is -0.524. The molecule has 0 saturated heterocycles. The van der Waals surface area contributed by atoms with Crippen LogP contribution in [0.3, 0.4) is 0 Å². The van der Waals surface area contributed by atoms with Crippen molar-refractivity contribution in [2.45, 2.75) is 6.42 Å². The smallest absolute Gasteiger partial charge is 0.228 e. The van der Waals surface area contributed by atoms with Crippen molar-refractivity contribution in [3.63, 3.8) is 0 Å². The normalized spacial score (nSPS) is 10.3. The van der Waals surface area contributed by atoms with Gasteiger partial charge in [-0.3, -0.25) is 4.79 Å². The number of amides is 1. The molecule has 0 saturated carbocycles. The van der Waals surface area contributed by atoms with Crippen LogP contribution in [0.2, 0.25) is 0 Å². The molecule has 2 aromatic rings. The Balaban J connectivity index is 2.05. The summed E-state index contributed by atoms with van der Waals surface area (Å²) in [5, 5.41) is 2.78. The molecule has 0 aliphatic carbocycles. The van der Waals surface area contributed by atoms with Gasteiger partial charge in [-0.15, -0.1) is 0 Å². The monoisotopic (exact) mass is 385 g/mol. The Kier molecular flexibility index (Phi) is 4.71. The average molecular weight is 387 g/mol. The molecule has 2 nitrogen and oxygen atoms in total. The van der Waals surface area contributed by atoms with Crippen LogP contribution in [0.1, 0.15) is 5.56 Å². The van der Waals surface area contributed by atoms with Gasteiger partial charge < -0.3 is 5.32 Å². The highest BCUT2D eigenvalue weighted by Gasteiger charge is 2.07. The van der Waals surface area contributed by atoms with Crippen molar-refractivity contribution in [3.8, 4) is 0 Å². The molecule has 0 unspecified atom stereocenters. The van der Waals surface area contributed by atoms with Crippen molar-refractivity contribution in [2.75, 3.05) is 5.32 Å². The summed E-state index contributed by atoms with van der Waals surface area (Å²) in [6.45, 7) is 0. The number of rotatable bonds is 3. The van der Waals surface area contributed by atoms with Gasteiger partial charge in [-0.05, 0) is 51.8 Å². The summed E-state index contributed by atoms with van der Waals surface area (Å²) in [6, 6.07) is 11.5. The highest BCUT2D eigenvalue weighted by Crippen LogP contribution is 2.26. The van der Waals surface area contributed by atoms with Gasteiger partial charge in [-0.1, -0.05) is 28.1 Å². The minimum absolute atomic E-state index is 0.139. The second-order valence-corrected chi connectivity index (χ2v) is 5.75. The second-order valence-electron chi connectivity index (χ2n) is 3.98. The molecule has 0 aromatic heterocycles. The lowest BCUT2D eigenvalue weighted by Crippen LogP contribution is -2.14. The van der Waals surface area contributed by atoms with E-state index in [1.807, 2.05) is 12.1 Å². The molecular weight excluding hydrogens is 377 g/mol. The third kappa shape index (κ3) is 4.14. The summed E-state index contributed by atoms with van der Waals surface area (Å²) in [4.78, 5) is 11.9. The fourth-order valence-electron chi connectivity index (χ4n) is 1.62. The van der Waals surface area contributed by atoms with E-state index in [0.29, 0.717) is 11.3 Å². The van der Waals surface area contributed by atoms with Gasteiger partial charge in [-0.25, -0.2) is 4.39 Å². The van der Waals surface area contributed by atoms with Crippen molar-refractivity contribution in [1.29, 1.82) is 0 Å². The molecular formula is C14H10Br2FNO. The van der Waals surface area contributed by atoms with Crippen LogP contribution in [0.15, 0.2) is 51.4 Å². The highest BCUT2D eigenvalue weighted by molar-refractivity contribution is 9.11. The minimum Gasteiger partial charge on any atom is -0.325 e. The van der Waals surface area contributed by atoms with Crippen molar-refractivity contribution >= 4 is 43.5 Å². The zero-order chi connectivity index (χ0) is 13.8. The summed E-state index contributed by atoms with van der Waals surface area (Å²) in [6.07, 6.45) is 0.139. The first-order valence-corrected chi connectivity index (χ1v) is 7.12. The standard InChI is InChI=1S/C14H10Br2FNO/c15-10-4-5-13(12(16)8-10)18-14(19)7-9-2-1-3-11(17)6-9/h1-6,8H,7H2,(H,18,19). The third-order valence-electron chi connectivity index (χ3n) is 2.46. The zero-order valence-corrected chi connectivity index (χ0v) is 13.0. The Bertz CT molecular complexity index is 616. The maximum absolute atomic E-state index is 13.0. The minimum atomic E-state index is -0.338. The molecule has 1 N–H and O–H groups in total. The summed E-state index contributed by atoms with van der Waals surface area (Å²) in [5.41, 5.74) is 1.33. The topological polar surface area (TPSA) is 29.1 Å². The maximum atomic E-state index is 13.0. The van der Waals surface area contributed by atoms with E-state index in [9.17, 15) is 9.18 Å². The lowest BCUT2D eigenvalue weighted by atomic mass is 10.1. The van der Waals surface area contributed by atoms with Gasteiger partial charge >= 0.3 is 0 Å². The molecule has 0 atom stereocenters. The number of carbonyl (C=O) groups is 1. The first-order chi connectivity index (χ1) is 9.04. The van der Waals surface area contributed by atoms with Crippen LogP contribution in [0, 0.1) is 5.82 Å². The summed E-state index contributed by atoms with van der Waals surface area (Å²) >= 11 is 6.71. The van der Waals surface area contributed by atoms with E-state index in [1.54, 1.807) is 18.2 Å². The molecule has 0 heterocycles. The maximum Gasteiger partial charge on any atom is 0.228 e. The van der Waals surface area contributed by atoms with Gasteiger partial charge in [0, 0.05) is 8.95 Å². The molecule has 0 spiro atoms. The number of nitrogens with one attached hydrogen (secondary N) is 1. The van der Waals surface area contributed by atoms with E-state index in [1.165, 1.54) is 12.1 Å². The molecule has 0 radical (unpaired) electrons. The van der Waals surface area contributed by atoms with Crippen molar-refractivity contribution in [2.24, 2.45) is 0 Å². The van der Waals surface area contributed by atoms with E-state index in [0.717, 1.165) is 8.95 Å². The van der Waals surface area contributed by atoms with Crippen molar-refractivity contribution in [3.05, 3.63) is 62.8 Å². The van der Waals surface area contributed by atoms with E-state index in [-0.39, 0.29) is 18.1 Å². The zero-order valence-electron chi connectivity index (χ0n) is 9.79. The molecule has 2 aromatic carbocycles. The van der Waals surface area contributed by atoms with E-state index >= 15 is 0 Å². The van der Waals surface area contributed by atoms with E-state index in [2.05, 4.69) is 37.2 Å². The Hall–Kier alpha value is -1.20. The molecule has 98 valence electrons. The van der Waals surface area contributed by atoms with Gasteiger partial charge in [0.1, 0.15) is 5.82 Å².